The van der Waals surface area contributed by atoms with E-state index in [4.69, 9.17) is 0 Å². The van der Waals surface area contributed by atoms with Gasteiger partial charge in [-0.15, -0.1) is 6.58 Å². The molecule has 0 radical (unpaired) electrons. The molecule has 3 aromatic rings. The predicted molar refractivity (Wildman–Crippen MR) is 124 cm³/mol. The number of unbranched alkanes of at least 4 members (excludes halogenated alkanes) is 1. The molecule has 5 heteroatoms. The Bertz CT molecular complexity index is 916. The number of allylic oxidation sites excluding steroid dienone is 1. The van der Waals surface area contributed by atoms with E-state index >= 15 is 0 Å². The van der Waals surface area contributed by atoms with Crippen molar-refractivity contribution in [2.75, 3.05) is 0 Å². The van der Waals surface area contributed by atoms with E-state index in [0.29, 0.717) is 12.0 Å². The highest BCUT2D eigenvalue weighted by atomic mass is 32.2. The second-order valence-corrected chi connectivity index (χ2v) is 8.67. The smallest absolute Gasteiger partial charge is 0.107 e. The first-order valence-electron chi connectivity index (χ1n) is 10.5. The van der Waals surface area contributed by atoms with Crippen LogP contribution >= 0.6 is 11.9 Å². The van der Waals surface area contributed by atoms with Crippen LogP contribution in [0.3, 0.4) is 0 Å². The van der Waals surface area contributed by atoms with Gasteiger partial charge in [-0.2, -0.15) is 0 Å². The molecule has 2 atom stereocenters. The monoisotopic (exact) mass is 408 g/mol. The number of hydrogen-bond donors (Lipinski definition) is 1. The maximum atomic E-state index is 4.61. The largest absolute Gasteiger partial charge is 0.324 e. The average Bonchev–Trinajstić information content (AvgIpc) is 3.06. The number of fused-ring (bicyclic) bond motifs is 1. The standard InChI is InChI=1S/C24H32N4S/c1-5-7-8-21(15-18(3)6-2)27-29-22-11-9-20(10-12-22)17-28-19(4)26-23-16-25-14-13-24(23)28/h6,9-14,16,18,21,27H,2,5,7-8,15,17H2,1,3-4H3. The summed E-state index contributed by atoms with van der Waals surface area (Å²) in [5.74, 6) is 1.55. The molecule has 2 unspecified atom stereocenters. The van der Waals surface area contributed by atoms with E-state index in [9.17, 15) is 0 Å². The van der Waals surface area contributed by atoms with Crippen LogP contribution < -0.4 is 4.72 Å². The van der Waals surface area contributed by atoms with Gasteiger partial charge in [-0.05, 0) is 61.4 Å². The quantitative estimate of drug-likeness (QED) is 0.305. The van der Waals surface area contributed by atoms with Crippen LogP contribution in [0.4, 0.5) is 0 Å². The lowest BCUT2D eigenvalue weighted by Crippen LogP contribution is -2.25. The number of aromatic nitrogens is 3. The summed E-state index contributed by atoms with van der Waals surface area (Å²) < 4.78 is 5.93. The van der Waals surface area contributed by atoms with Gasteiger partial charge in [0.15, 0.2) is 0 Å². The van der Waals surface area contributed by atoms with E-state index in [0.717, 1.165) is 29.8 Å². The van der Waals surface area contributed by atoms with Crippen LogP contribution in [-0.4, -0.2) is 20.6 Å². The molecule has 29 heavy (non-hydrogen) atoms. The number of pyridine rings is 1. The lowest BCUT2D eigenvalue weighted by Gasteiger charge is -2.20. The average molecular weight is 409 g/mol. The van der Waals surface area contributed by atoms with Crippen molar-refractivity contribution in [1.82, 2.24) is 19.3 Å². The molecule has 0 aliphatic carbocycles. The van der Waals surface area contributed by atoms with Crippen LogP contribution in [0.25, 0.3) is 11.0 Å². The molecule has 2 aromatic heterocycles. The fourth-order valence-electron chi connectivity index (χ4n) is 3.52. The number of benzene rings is 1. The second kappa shape index (κ2) is 10.6. The molecule has 0 aliphatic heterocycles. The summed E-state index contributed by atoms with van der Waals surface area (Å²) >= 11 is 1.74. The Hall–Kier alpha value is -2.11. The van der Waals surface area contributed by atoms with E-state index < -0.39 is 0 Å². The highest BCUT2D eigenvalue weighted by molar-refractivity contribution is 7.97. The first kappa shape index (κ1) is 21.6. The zero-order valence-electron chi connectivity index (χ0n) is 17.8. The summed E-state index contributed by atoms with van der Waals surface area (Å²) in [7, 11) is 0. The molecule has 3 rings (SSSR count). The Kier molecular flexibility index (Phi) is 7.90. The van der Waals surface area contributed by atoms with Gasteiger partial charge >= 0.3 is 0 Å². The van der Waals surface area contributed by atoms with Gasteiger partial charge in [0.25, 0.3) is 0 Å². The van der Waals surface area contributed by atoms with E-state index in [1.165, 1.54) is 29.7 Å². The summed E-state index contributed by atoms with van der Waals surface area (Å²) in [6.07, 6.45) is 10.5. The van der Waals surface area contributed by atoms with Crippen molar-refractivity contribution < 1.29 is 0 Å². The molecule has 0 spiro atoms. The minimum absolute atomic E-state index is 0.515. The molecule has 1 aromatic carbocycles. The molecule has 0 saturated heterocycles. The molecule has 0 bridgehead atoms. The number of hydrogen-bond acceptors (Lipinski definition) is 4. The van der Waals surface area contributed by atoms with Gasteiger partial charge in [-0.3, -0.25) is 9.71 Å². The van der Waals surface area contributed by atoms with Gasteiger partial charge in [-0.1, -0.05) is 44.9 Å². The first-order valence-corrected chi connectivity index (χ1v) is 11.3. The van der Waals surface area contributed by atoms with Crippen LogP contribution in [0.5, 0.6) is 0 Å². The molecular formula is C24H32N4S. The fraction of sp³-hybridized carbons (Fsp3) is 0.417. The van der Waals surface area contributed by atoms with E-state index in [1.807, 2.05) is 18.5 Å². The number of imidazole rings is 1. The van der Waals surface area contributed by atoms with Crippen LogP contribution in [0.15, 0.2) is 60.3 Å². The third-order valence-corrected chi connectivity index (χ3v) is 6.27. The molecular weight excluding hydrogens is 376 g/mol. The topological polar surface area (TPSA) is 42.7 Å². The van der Waals surface area contributed by atoms with Gasteiger partial charge < -0.3 is 4.57 Å². The van der Waals surface area contributed by atoms with Crippen molar-refractivity contribution in [2.45, 2.75) is 63.9 Å². The molecule has 0 saturated carbocycles. The Morgan fingerprint density at radius 2 is 2.03 bits per heavy atom. The summed E-state index contributed by atoms with van der Waals surface area (Å²) in [4.78, 5) is 10.0. The van der Waals surface area contributed by atoms with Crippen LogP contribution in [-0.2, 0) is 6.54 Å². The first-order chi connectivity index (χ1) is 14.1. The van der Waals surface area contributed by atoms with Crippen molar-refractivity contribution in [2.24, 2.45) is 5.92 Å². The lowest BCUT2D eigenvalue weighted by molar-refractivity contribution is 0.466. The van der Waals surface area contributed by atoms with Crippen molar-refractivity contribution in [1.29, 1.82) is 0 Å². The maximum Gasteiger partial charge on any atom is 0.107 e. The van der Waals surface area contributed by atoms with Gasteiger partial charge in [0, 0.05) is 23.7 Å². The van der Waals surface area contributed by atoms with E-state index in [-0.39, 0.29) is 0 Å². The molecule has 0 fully saturated rings. The molecule has 4 nitrogen and oxygen atoms in total. The Labute approximate surface area is 179 Å². The molecule has 154 valence electrons. The summed E-state index contributed by atoms with van der Waals surface area (Å²) in [5, 5.41) is 0. The summed E-state index contributed by atoms with van der Waals surface area (Å²) in [6, 6.07) is 11.4. The number of rotatable bonds is 11. The summed E-state index contributed by atoms with van der Waals surface area (Å²) in [5.41, 5.74) is 3.36. The molecule has 0 amide bonds. The number of nitrogens with one attached hydrogen (secondary N) is 1. The molecule has 2 heterocycles. The lowest BCUT2D eigenvalue weighted by atomic mass is 9.99. The maximum absolute atomic E-state index is 4.61. The highest BCUT2D eigenvalue weighted by Crippen LogP contribution is 2.22. The summed E-state index contributed by atoms with van der Waals surface area (Å²) in [6.45, 7) is 11.3. The second-order valence-electron chi connectivity index (χ2n) is 7.76. The molecule has 1 N–H and O–H groups in total. The van der Waals surface area contributed by atoms with Crippen molar-refractivity contribution in [3.63, 3.8) is 0 Å². The van der Waals surface area contributed by atoms with Crippen molar-refractivity contribution in [3.05, 3.63) is 66.8 Å². The minimum Gasteiger partial charge on any atom is -0.324 e. The van der Waals surface area contributed by atoms with Gasteiger partial charge in [-0.25, -0.2) is 4.98 Å². The van der Waals surface area contributed by atoms with Gasteiger partial charge in [0.05, 0.1) is 11.7 Å². The van der Waals surface area contributed by atoms with Gasteiger partial charge in [0.2, 0.25) is 0 Å². The van der Waals surface area contributed by atoms with Crippen molar-refractivity contribution in [3.8, 4) is 0 Å². The third-order valence-electron chi connectivity index (χ3n) is 5.31. The van der Waals surface area contributed by atoms with E-state index in [2.05, 4.69) is 76.9 Å². The van der Waals surface area contributed by atoms with Crippen molar-refractivity contribution >= 4 is 23.0 Å². The van der Waals surface area contributed by atoms with Gasteiger partial charge in [0.1, 0.15) is 11.3 Å². The molecule has 0 aliphatic rings. The zero-order valence-corrected chi connectivity index (χ0v) is 18.6. The van der Waals surface area contributed by atoms with E-state index in [1.54, 1.807) is 11.9 Å². The zero-order chi connectivity index (χ0) is 20.6. The SMILES string of the molecule is C=CC(C)CC(CCCC)NSc1ccc(Cn2c(C)nc3cnccc32)cc1. The predicted octanol–water partition coefficient (Wildman–Crippen LogP) is 6.16. The Morgan fingerprint density at radius 3 is 2.76 bits per heavy atom. The van der Waals surface area contributed by atoms with Crippen LogP contribution in [0, 0.1) is 12.8 Å². The Morgan fingerprint density at radius 1 is 1.24 bits per heavy atom. The minimum atomic E-state index is 0.515. The van der Waals surface area contributed by atoms with Crippen LogP contribution in [0.2, 0.25) is 0 Å². The number of aryl methyl sites for hydroxylation is 1. The number of nitrogens with zero attached hydrogens (tertiary/aromatic N) is 3. The third kappa shape index (κ3) is 5.94. The fourth-order valence-corrected chi connectivity index (χ4v) is 4.31. The highest BCUT2D eigenvalue weighted by Gasteiger charge is 2.12. The van der Waals surface area contributed by atoms with Crippen LogP contribution in [0.1, 0.15) is 50.9 Å². The normalized spacial score (nSPS) is 13.5. The Balaban J connectivity index is 1.62.